The molecule has 0 bridgehead atoms. The second-order valence-corrected chi connectivity index (χ2v) is 8.24. The third-order valence-corrected chi connectivity index (χ3v) is 4.84. The Morgan fingerprint density at radius 3 is 2.29 bits per heavy atom. The van der Waals surface area contributed by atoms with E-state index >= 15 is 0 Å². The Labute approximate surface area is 166 Å². The molecule has 0 saturated heterocycles. The van der Waals surface area contributed by atoms with Crippen LogP contribution in [0.15, 0.2) is 54.6 Å². The summed E-state index contributed by atoms with van der Waals surface area (Å²) < 4.78 is 5.57. The third-order valence-electron chi connectivity index (χ3n) is 4.84. The predicted molar refractivity (Wildman–Crippen MR) is 109 cm³/mol. The maximum absolute atomic E-state index is 13.1. The molecule has 0 fully saturated rings. The molecule has 2 aromatic rings. The molecule has 0 aliphatic carbocycles. The van der Waals surface area contributed by atoms with Crippen molar-refractivity contribution in [2.24, 2.45) is 0 Å². The van der Waals surface area contributed by atoms with Gasteiger partial charge >= 0.3 is 6.09 Å². The van der Waals surface area contributed by atoms with Gasteiger partial charge in [-0.25, -0.2) is 4.79 Å². The fourth-order valence-corrected chi connectivity index (χ4v) is 3.40. The lowest BCUT2D eigenvalue weighted by atomic mass is 9.93. The van der Waals surface area contributed by atoms with Gasteiger partial charge in [-0.1, -0.05) is 54.6 Å². The summed E-state index contributed by atoms with van der Waals surface area (Å²) in [6.07, 6.45) is 0.0115. The van der Waals surface area contributed by atoms with Gasteiger partial charge in [0, 0.05) is 6.42 Å². The molecular formula is C23H28N2O3. The van der Waals surface area contributed by atoms with Crippen LogP contribution in [0.25, 0.3) is 0 Å². The third kappa shape index (κ3) is 4.71. The fourth-order valence-electron chi connectivity index (χ4n) is 3.40. The topological polar surface area (TPSA) is 58.6 Å². The summed E-state index contributed by atoms with van der Waals surface area (Å²) in [5.41, 5.74) is 2.55. The average molecular weight is 380 g/mol. The Morgan fingerprint density at radius 2 is 1.64 bits per heavy atom. The van der Waals surface area contributed by atoms with Gasteiger partial charge in [-0.05, 0) is 44.4 Å². The molecule has 5 nitrogen and oxygen atoms in total. The van der Waals surface area contributed by atoms with Gasteiger partial charge in [0.05, 0.1) is 12.6 Å². The summed E-state index contributed by atoms with van der Waals surface area (Å²) >= 11 is 0. The number of carbonyl (C=O) groups is 2. The molecule has 2 aromatic carbocycles. The Morgan fingerprint density at radius 1 is 1.04 bits per heavy atom. The smallest absolute Gasteiger partial charge is 0.411 e. The molecule has 1 aliphatic rings. The zero-order valence-corrected chi connectivity index (χ0v) is 16.9. The van der Waals surface area contributed by atoms with E-state index in [2.05, 4.69) is 5.32 Å². The van der Waals surface area contributed by atoms with E-state index in [1.807, 2.05) is 82.3 Å². The van der Waals surface area contributed by atoms with Crippen LogP contribution in [0.3, 0.4) is 0 Å². The minimum Gasteiger partial charge on any atom is -0.444 e. The standard InChI is InChI=1S/C23H28N2O3/c1-16(17-10-6-5-7-11-17)24-21(26)20-14-18-12-8-9-13-19(18)15-25(20)22(27)28-23(2,3)4/h5-13,16,20H,14-15H2,1-4H3,(H,24,26)/t16-,20+/m1/s1. The van der Waals surface area contributed by atoms with Crippen LogP contribution in [0, 0.1) is 0 Å². The monoisotopic (exact) mass is 380 g/mol. The summed E-state index contributed by atoms with van der Waals surface area (Å²) in [5.74, 6) is -0.170. The molecule has 0 saturated carbocycles. The van der Waals surface area contributed by atoms with Crippen LogP contribution >= 0.6 is 0 Å². The molecule has 28 heavy (non-hydrogen) atoms. The van der Waals surface area contributed by atoms with E-state index in [-0.39, 0.29) is 11.9 Å². The molecule has 0 radical (unpaired) electrons. The van der Waals surface area contributed by atoms with Gasteiger partial charge in [0.25, 0.3) is 0 Å². The first-order chi connectivity index (χ1) is 13.2. The zero-order valence-electron chi connectivity index (χ0n) is 16.9. The van der Waals surface area contributed by atoms with Crippen LogP contribution in [0.2, 0.25) is 0 Å². The number of hydrogen-bond donors (Lipinski definition) is 1. The van der Waals surface area contributed by atoms with Crippen LogP contribution in [-0.4, -0.2) is 28.5 Å². The van der Waals surface area contributed by atoms with Crippen LogP contribution in [0.5, 0.6) is 0 Å². The first kappa shape index (κ1) is 19.9. The van der Waals surface area contributed by atoms with Gasteiger partial charge in [0.15, 0.2) is 0 Å². The molecule has 0 spiro atoms. The minimum atomic E-state index is -0.619. The fraction of sp³-hybridized carbons (Fsp3) is 0.391. The highest BCUT2D eigenvalue weighted by molar-refractivity contribution is 5.87. The normalized spacial score (nSPS) is 17.4. The van der Waals surface area contributed by atoms with Crippen molar-refractivity contribution in [3.63, 3.8) is 0 Å². The molecule has 0 aromatic heterocycles. The van der Waals surface area contributed by atoms with Crippen molar-refractivity contribution < 1.29 is 14.3 Å². The number of nitrogens with zero attached hydrogens (tertiary/aromatic N) is 1. The number of carbonyl (C=O) groups excluding carboxylic acids is 2. The van der Waals surface area contributed by atoms with E-state index in [0.717, 1.165) is 16.7 Å². The Hall–Kier alpha value is -2.82. The number of rotatable bonds is 3. The quantitative estimate of drug-likeness (QED) is 0.867. The van der Waals surface area contributed by atoms with Gasteiger partial charge < -0.3 is 10.1 Å². The number of nitrogens with one attached hydrogen (secondary N) is 1. The Kier molecular flexibility index (Phi) is 5.73. The lowest BCUT2D eigenvalue weighted by molar-refractivity contribution is -0.127. The first-order valence-electron chi connectivity index (χ1n) is 9.66. The number of amides is 2. The number of ether oxygens (including phenoxy) is 1. The first-order valence-corrected chi connectivity index (χ1v) is 9.66. The molecule has 2 amide bonds. The summed E-state index contributed by atoms with van der Waals surface area (Å²) in [4.78, 5) is 27.5. The molecular weight excluding hydrogens is 352 g/mol. The highest BCUT2D eigenvalue weighted by Gasteiger charge is 2.37. The maximum Gasteiger partial charge on any atom is 0.411 e. The van der Waals surface area contributed by atoms with Crippen molar-refractivity contribution in [3.8, 4) is 0 Å². The molecule has 3 rings (SSSR count). The van der Waals surface area contributed by atoms with Gasteiger partial charge in [-0.15, -0.1) is 0 Å². The highest BCUT2D eigenvalue weighted by Crippen LogP contribution is 2.26. The van der Waals surface area contributed by atoms with E-state index in [0.29, 0.717) is 13.0 Å². The number of benzene rings is 2. The second-order valence-electron chi connectivity index (χ2n) is 8.24. The summed E-state index contributed by atoms with van der Waals surface area (Å²) in [5, 5.41) is 3.06. The van der Waals surface area contributed by atoms with E-state index in [4.69, 9.17) is 4.74 Å². The van der Waals surface area contributed by atoms with Crippen molar-refractivity contribution in [2.75, 3.05) is 0 Å². The highest BCUT2D eigenvalue weighted by atomic mass is 16.6. The largest absolute Gasteiger partial charge is 0.444 e. The van der Waals surface area contributed by atoms with Crippen LogP contribution in [-0.2, 0) is 22.5 Å². The Balaban J connectivity index is 1.82. The lowest BCUT2D eigenvalue weighted by Crippen LogP contribution is -2.53. The zero-order chi connectivity index (χ0) is 20.3. The van der Waals surface area contributed by atoms with E-state index in [1.54, 1.807) is 4.90 Å². The van der Waals surface area contributed by atoms with Crippen LogP contribution < -0.4 is 5.32 Å². The van der Waals surface area contributed by atoms with Crippen LogP contribution in [0.1, 0.15) is 50.4 Å². The molecule has 0 unspecified atom stereocenters. The summed E-state index contributed by atoms with van der Waals surface area (Å²) in [7, 11) is 0. The predicted octanol–water partition coefficient (Wildman–Crippen LogP) is 4.23. The average Bonchev–Trinajstić information content (AvgIpc) is 2.66. The second kappa shape index (κ2) is 8.05. The molecule has 5 heteroatoms. The molecule has 2 atom stereocenters. The number of hydrogen-bond acceptors (Lipinski definition) is 3. The molecule has 1 N–H and O–H groups in total. The SMILES string of the molecule is C[C@@H](NC(=O)[C@@H]1Cc2ccccc2CN1C(=O)OC(C)(C)C)c1ccccc1. The van der Waals surface area contributed by atoms with E-state index in [9.17, 15) is 9.59 Å². The minimum absolute atomic E-state index is 0.147. The lowest BCUT2D eigenvalue weighted by Gasteiger charge is -2.37. The van der Waals surface area contributed by atoms with Crippen LogP contribution in [0.4, 0.5) is 4.79 Å². The molecule has 1 heterocycles. The molecule has 148 valence electrons. The van der Waals surface area contributed by atoms with Gasteiger partial charge in [-0.3, -0.25) is 9.69 Å². The summed E-state index contributed by atoms with van der Waals surface area (Å²) in [6, 6.07) is 17.0. The maximum atomic E-state index is 13.1. The van der Waals surface area contributed by atoms with E-state index in [1.165, 1.54) is 0 Å². The van der Waals surface area contributed by atoms with Crippen molar-refractivity contribution >= 4 is 12.0 Å². The van der Waals surface area contributed by atoms with Gasteiger partial charge in [0.2, 0.25) is 5.91 Å². The van der Waals surface area contributed by atoms with Crippen molar-refractivity contribution in [3.05, 3.63) is 71.3 Å². The van der Waals surface area contributed by atoms with E-state index < -0.39 is 17.7 Å². The van der Waals surface area contributed by atoms with Crippen molar-refractivity contribution in [1.29, 1.82) is 0 Å². The van der Waals surface area contributed by atoms with Crippen molar-refractivity contribution in [1.82, 2.24) is 10.2 Å². The Bertz CT molecular complexity index is 842. The summed E-state index contributed by atoms with van der Waals surface area (Å²) in [6.45, 7) is 7.80. The van der Waals surface area contributed by atoms with Gasteiger partial charge in [0.1, 0.15) is 11.6 Å². The van der Waals surface area contributed by atoms with Gasteiger partial charge in [-0.2, -0.15) is 0 Å². The van der Waals surface area contributed by atoms with Crippen molar-refractivity contribution in [2.45, 2.75) is 58.3 Å². The number of fused-ring (bicyclic) bond motifs is 1. The molecule has 1 aliphatic heterocycles.